The molecule has 18 heavy (non-hydrogen) atoms. The van der Waals surface area contributed by atoms with Crippen LogP contribution in [-0.2, 0) is 11.2 Å². The van der Waals surface area contributed by atoms with Crippen molar-refractivity contribution in [1.29, 1.82) is 0 Å². The van der Waals surface area contributed by atoms with Crippen LogP contribution in [0, 0.1) is 0 Å². The molecule has 5 heteroatoms. The van der Waals surface area contributed by atoms with Crippen LogP contribution in [0.3, 0.4) is 0 Å². The average Bonchev–Trinajstić information content (AvgIpc) is 2.71. The highest BCUT2D eigenvalue weighted by atomic mass is 79.9. The number of halogens is 1. The second kappa shape index (κ2) is 8.67. The molecule has 0 aliphatic carbocycles. The van der Waals surface area contributed by atoms with Crippen molar-refractivity contribution in [2.75, 3.05) is 13.1 Å². The predicted molar refractivity (Wildman–Crippen MR) is 81.1 cm³/mol. The van der Waals surface area contributed by atoms with Gasteiger partial charge in [0.05, 0.1) is 10.3 Å². The lowest BCUT2D eigenvalue weighted by molar-refractivity contribution is -0.120. The number of carbonyl (C=O) groups is 1. The van der Waals surface area contributed by atoms with Crippen LogP contribution in [0.1, 0.15) is 31.6 Å². The maximum absolute atomic E-state index is 11.6. The monoisotopic (exact) mass is 332 g/mol. The van der Waals surface area contributed by atoms with Crippen molar-refractivity contribution in [2.24, 2.45) is 0 Å². The third-order valence-electron chi connectivity index (χ3n) is 2.59. The maximum atomic E-state index is 11.6. The molecule has 1 unspecified atom stereocenters. The van der Waals surface area contributed by atoms with Crippen molar-refractivity contribution in [3.8, 4) is 0 Å². The van der Waals surface area contributed by atoms with Crippen LogP contribution in [0.2, 0.25) is 0 Å². The quantitative estimate of drug-likeness (QED) is 0.718. The smallest absolute Gasteiger partial charge is 0.234 e. The second-order valence-electron chi connectivity index (χ2n) is 4.39. The number of rotatable bonds is 8. The van der Waals surface area contributed by atoms with Gasteiger partial charge in [-0.1, -0.05) is 13.3 Å². The first-order valence-electron chi connectivity index (χ1n) is 6.36. The maximum Gasteiger partial charge on any atom is 0.234 e. The molecule has 0 aliphatic heterocycles. The van der Waals surface area contributed by atoms with E-state index in [0.29, 0.717) is 6.54 Å². The van der Waals surface area contributed by atoms with Crippen LogP contribution in [-0.4, -0.2) is 25.0 Å². The molecule has 1 amide bonds. The van der Waals surface area contributed by atoms with E-state index in [-0.39, 0.29) is 11.9 Å². The summed E-state index contributed by atoms with van der Waals surface area (Å²) >= 11 is 5.18. The molecular formula is C13H21BrN2OS. The fourth-order valence-corrected chi connectivity index (χ4v) is 3.21. The standard InChI is InChI=1S/C13H21BrN2OS/c1-3-4-10(2)16-13(17)9-15-8-7-11-5-6-12(14)18-11/h5-6,10,15H,3-4,7-9H2,1-2H3,(H,16,17). The van der Waals surface area contributed by atoms with E-state index in [9.17, 15) is 4.79 Å². The molecule has 0 fully saturated rings. The summed E-state index contributed by atoms with van der Waals surface area (Å²) in [6.45, 7) is 5.41. The molecule has 0 spiro atoms. The number of amides is 1. The van der Waals surface area contributed by atoms with E-state index in [2.05, 4.69) is 45.6 Å². The summed E-state index contributed by atoms with van der Waals surface area (Å²) in [6, 6.07) is 4.44. The molecule has 1 rings (SSSR count). The number of hydrogen-bond acceptors (Lipinski definition) is 3. The minimum absolute atomic E-state index is 0.0864. The number of nitrogens with one attached hydrogen (secondary N) is 2. The number of thiophene rings is 1. The highest BCUT2D eigenvalue weighted by Crippen LogP contribution is 2.21. The summed E-state index contributed by atoms with van der Waals surface area (Å²) < 4.78 is 1.16. The molecule has 2 N–H and O–H groups in total. The lowest BCUT2D eigenvalue weighted by atomic mass is 10.2. The Morgan fingerprint density at radius 1 is 1.50 bits per heavy atom. The van der Waals surface area contributed by atoms with Gasteiger partial charge in [-0.3, -0.25) is 4.79 Å². The zero-order valence-electron chi connectivity index (χ0n) is 11.0. The second-order valence-corrected chi connectivity index (χ2v) is 6.94. The molecule has 1 heterocycles. The molecule has 0 aromatic carbocycles. The Balaban J connectivity index is 2.08. The third kappa shape index (κ3) is 6.52. The number of hydrogen-bond donors (Lipinski definition) is 2. The minimum atomic E-state index is 0.0864. The molecule has 3 nitrogen and oxygen atoms in total. The number of carbonyl (C=O) groups excluding carboxylic acids is 1. The van der Waals surface area contributed by atoms with E-state index in [0.717, 1.165) is 29.6 Å². The summed E-state index contributed by atoms with van der Waals surface area (Å²) in [4.78, 5) is 12.9. The Hall–Kier alpha value is -0.390. The summed E-state index contributed by atoms with van der Waals surface area (Å²) in [5.41, 5.74) is 0. The summed E-state index contributed by atoms with van der Waals surface area (Å²) in [6.07, 6.45) is 3.10. The molecule has 1 aromatic heterocycles. The van der Waals surface area contributed by atoms with Crippen molar-refractivity contribution in [2.45, 2.75) is 39.2 Å². The summed E-state index contributed by atoms with van der Waals surface area (Å²) in [5, 5.41) is 6.15. The SMILES string of the molecule is CCCC(C)NC(=O)CNCCc1ccc(Br)s1. The highest BCUT2D eigenvalue weighted by molar-refractivity contribution is 9.11. The zero-order chi connectivity index (χ0) is 13.4. The van der Waals surface area contributed by atoms with Gasteiger partial charge < -0.3 is 10.6 Å². The largest absolute Gasteiger partial charge is 0.353 e. The van der Waals surface area contributed by atoms with E-state index in [4.69, 9.17) is 0 Å². The summed E-state index contributed by atoms with van der Waals surface area (Å²) in [7, 11) is 0. The van der Waals surface area contributed by atoms with Crippen LogP contribution < -0.4 is 10.6 Å². The fourth-order valence-electron chi connectivity index (χ4n) is 1.73. The van der Waals surface area contributed by atoms with Gasteiger partial charge >= 0.3 is 0 Å². The van der Waals surface area contributed by atoms with E-state index in [1.807, 2.05) is 6.92 Å². The molecule has 0 aliphatic rings. The Labute approximate surface area is 121 Å². The van der Waals surface area contributed by atoms with Crippen molar-refractivity contribution in [3.05, 3.63) is 20.8 Å². The van der Waals surface area contributed by atoms with Crippen molar-refractivity contribution in [1.82, 2.24) is 10.6 Å². The van der Waals surface area contributed by atoms with Crippen LogP contribution in [0.25, 0.3) is 0 Å². The summed E-state index contributed by atoms with van der Waals surface area (Å²) in [5.74, 6) is 0.0864. The zero-order valence-corrected chi connectivity index (χ0v) is 13.4. The van der Waals surface area contributed by atoms with E-state index >= 15 is 0 Å². The van der Waals surface area contributed by atoms with Gasteiger partial charge in [0.25, 0.3) is 0 Å². The van der Waals surface area contributed by atoms with Gasteiger partial charge in [0.15, 0.2) is 0 Å². The van der Waals surface area contributed by atoms with E-state index in [1.165, 1.54) is 4.88 Å². The van der Waals surface area contributed by atoms with Gasteiger partial charge in [-0.05, 0) is 47.8 Å². The van der Waals surface area contributed by atoms with Gasteiger partial charge in [-0.15, -0.1) is 11.3 Å². The molecule has 1 aromatic rings. The normalized spacial score (nSPS) is 12.4. The van der Waals surface area contributed by atoms with Crippen LogP contribution in [0.4, 0.5) is 0 Å². The Bertz CT molecular complexity index is 368. The fraction of sp³-hybridized carbons (Fsp3) is 0.615. The molecule has 1 atom stereocenters. The molecular weight excluding hydrogens is 312 g/mol. The van der Waals surface area contributed by atoms with Gasteiger partial charge in [0.1, 0.15) is 0 Å². The van der Waals surface area contributed by atoms with Crippen molar-refractivity contribution in [3.63, 3.8) is 0 Å². The highest BCUT2D eigenvalue weighted by Gasteiger charge is 2.05. The molecule has 0 bridgehead atoms. The first-order chi connectivity index (χ1) is 8.61. The first kappa shape index (κ1) is 15.7. The van der Waals surface area contributed by atoms with Crippen molar-refractivity contribution >= 4 is 33.2 Å². The van der Waals surface area contributed by atoms with Gasteiger partial charge in [0, 0.05) is 17.5 Å². The van der Waals surface area contributed by atoms with E-state index in [1.54, 1.807) is 11.3 Å². The Morgan fingerprint density at radius 3 is 2.89 bits per heavy atom. The van der Waals surface area contributed by atoms with Crippen LogP contribution in [0.5, 0.6) is 0 Å². The first-order valence-corrected chi connectivity index (χ1v) is 7.97. The minimum Gasteiger partial charge on any atom is -0.353 e. The topological polar surface area (TPSA) is 41.1 Å². The van der Waals surface area contributed by atoms with Crippen LogP contribution in [0.15, 0.2) is 15.9 Å². The van der Waals surface area contributed by atoms with E-state index < -0.39 is 0 Å². The van der Waals surface area contributed by atoms with Gasteiger partial charge in [-0.25, -0.2) is 0 Å². The predicted octanol–water partition coefficient (Wildman–Crippen LogP) is 2.95. The van der Waals surface area contributed by atoms with Crippen molar-refractivity contribution < 1.29 is 4.79 Å². The van der Waals surface area contributed by atoms with Gasteiger partial charge in [-0.2, -0.15) is 0 Å². The Morgan fingerprint density at radius 2 is 2.28 bits per heavy atom. The lowest BCUT2D eigenvalue weighted by Crippen LogP contribution is -2.39. The molecule has 0 radical (unpaired) electrons. The molecule has 0 saturated heterocycles. The Kier molecular flexibility index (Phi) is 7.54. The van der Waals surface area contributed by atoms with Crippen LogP contribution >= 0.6 is 27.3 Å². The average molecular weight is 333 g/mol. The third-order valence-corrected chi connectivity index (χ3v) is 4.28. The molecule has 0 saturated carbocycles. The van der Waals surface area contributed by atoms with Gasteiger partial charge in [0.2, 0.25) is 5.91 Å². The lowest BCUT2D eigenvalue weighted by Gasteiger charge is -2.12. The molecule has 102 valence electrons.